The van der Waals surface area contributed by atoms with Crippen molar-refractivity contribution in [2.75, 3.05) is 13.6 Å². The molecule has 0 aromatic carbocycles. The van der Waals surface area contributed by atoms with Crippen molar-refractivity contribution in [2.45, 2.75) is 57.9 Å². The topological polar surface area (TPSA) is 46.3 Å². The van der Waals surface area contributed by atoms with E-state index >= 15 is 0 Å². The molecule has 0 aromatic rings. The van der Waals surface area contributed by atoms with Crippen LogP contribution in [0.25, 0.3) is 0 Å². The first-order valence-electron chi connectivity index (χ1n) is 6.63. The number of halogens is 1. The molecule has 2 N–H and O–H groups in total. The molecule has 1 amide bonds. The van der Waals surface area contributed by atoms with Crippen molar-refractivity contribution in [1.82, 2.24) is 4.90 Å². The molecule has 1 rings (SSSR count). The molecule has 0 spiro atoms. The van der Waals surface area contributed by atoms with Crippen molar-refractivity contribution in [3.8, 4) is 0 Å². The summed E-state index contributed by atoms with van der Waals surface area (Å²) in [6.45, 7) is 2.57. The lowest BCUT2D eigenvalue weighted by atomic mass is 9.90. The summed E-state index contributed by atoms with van der Waals surface area (Å²) in [6.07, 6.45) is 8.49. The third kappa shape index (κ3) is 5.26. The van der Waals surface area contributed by atoms with Crippen LogP contribution in [-0.4, -0.2) is 30.4 Å². The molecule has 0 aromatic heterocycles. The number of likely N-dealkylation sites (N-methyl/N-ethyl adjacent to an activating group) is 1. The predicted molar refractivity (Wildman–Crippen MR) is 74.3 cm³/mol. The molecule has 102 valence electrons. The van der Waals surface area contributed by atoms with Gasteiger partial charge in [0, 0.05) is 25.6 Å². The minimum Gasteiger partial charge on any atom is -0.342 e. The highest BCUT2D eigenvalue weighted by Crippen LogP contribution is 2.24. The van der Waals surface area contributed by atoms with Crippen LogP contribution < -0.4 is 5.73 Å². The maximum Gasteiger partial charge on any atom is 0.225 e. The Morgan fingerprint density at radius 2 is 1.71 bits per heavy atom. The first-order chi connectivity index (χ1) is 7.66. The van der Waals surface area contributed by atoms with E-state index in [2.05, 4.69) is 0 Å². The zero-order valence-corrected chi connectivity index (χ0v) is 12.0. The van der Waals surface area contributed by atoms with Gasteiger partial charge >= 0.3 is 0 Å². The Labute approximate surface area is 112 Å². The molecule has 4 heteroatoms. The number of amides is 1. The zero-order chi connectivity index (χ0) is 12.0. The van der Waals surface area contributed by atoms with Gasteiger partial charge in [-0.3, -0.25) is 4.79 Å². The van der Waals surface area contributed by atoms with E-state index in [1.807, 2.05) is 18.9 Å². The fourth-order valence-corrected chi connectivity index (χ4v) is 2.37. The Kier molecular flexibility index (Phi) is 8.61. The molecule has 1 saturated carbocycles. The first-order valence-corrected chi connectivity index (χ1v) is 6.63. The van der Waals surface area contributed by atoms with Crippen molar-refractivity contribution < 1.29 is 4.79 Å². The SMILES string of the molecule is CC(CN)N(C)C(=O)C1CCCCCCC1.Cl. The fourth-order valence-electron chi connectivity index (χ4n) is 2.37. The van der Waals surface area contributed by atoms with E-state index in [4.69, 9.17) is 5.73 Å². The molecule has 1 atom stereocenters. The van der Waals surface area contributed by atoms with Crippen molar-refractivity contribution >= 4 is 18.3 Å². The van der Waals surface area contributed by atoms with Gasteiger partial charge in [-0.2, -0.15) is 0 Å². The number of rotatable bonds is 3. The molecule has 0 saturated heterocycles. The van der Waals surface area contributed by atoms with E-state index < -0.39 is 0 Å². The Bertz CT molecular complexity index is 215. The summed E-state index contributed by atoms with van der Waals surface area (Å²) in [5.41, 5.74) is 5.60. The molecule has 1 fully saturated rings. The Balaban J connectivity index is 0.00000256. The van der Waals surface area contributed by atoms with Crippen LogP contribution in [0.3, 0.4) is 0 Å². The Morgan fingerprint density at radius 1 is 1.24 bits per heavy atom. The van der Waals surface area contributed by atoms with Gasteiger partial charge in [-0.05, 0) is 19.8 Å². The van der Waals surface area contributed by atoms with E-state index in [0.29, 0.717) is 12.5 Å². The first kappa shape index (κ1) is 16.7. The average Bonchev–Trinajstić information content (AvgIpc) is 2.26. The van der Waals surface area contributed by atoms with Crippen LogP contribution in [0, 0.1) is 5.92 Å². The van der Waals surface area contributed by atoms with E-state index in [-0.39, 0.29) is 24.4 Å². The molecule has 17 heavy (non-hydrogen) atoms. The predicted octanol–water partition coefficient (Wildman–Crippen LogP) is 2.57. The highest BCUT2D eigenvalue weighted by Gasteiger charge is 2.24. The molecule has 1 aliphatic carbocycles. The molecule has 0 heterocycles. The van der Waals surface area contributed by atoms with Crippen LogP contribution in [0.15, 0.2) is 0 Å². The monoisotopic (exact) mass is 262 g/mol. The average molecular weight is 263 g/mol. The van der Waals surface area contributed by atoms with Gasteiger partial charge in [-0.25, -0.2) is 0 Å². The highest BCUT2D eigenvalue weighted by atomic mass is 35.5. The maximum absolute atomic E-state index is 12.2. The van der Waals surface area contributed by atoms with Crippen LogP contribution >= 0.6 is 12.4 Å². The number of nitrogens with two attached hydrogens (primary N) is 1. The van der Waals surface area contributed by atoms with Gasteiger partial charge in [0.2, 0.25) is 5.91 Å². The normalized spacial score (nSPS) is 19.7. The van der Waals surface area contributed by atoms with Crippen LogP contribution in [0.5, 0.6) is 0 Å². The van der Waals surface area contributed by atoms with Crippen molar-refractivity contribution in [1.29, 1.82) is 0 Å². The zero-order valence-electron chi connectivity index (χ0n) is 11.2. The number of carbonyl (C=O) groups excluding carboxylic acids is 1. The van der Waals surface area contributed by atoms with E-state index in [9.17, 15) is 4.79 Å². The number of hydrogen-bond donors (Lipinski definition) is 1. The van der Waals surface area contributed by atoms with Crippen LogP contribution in [0.1, 0.15) is 51.9 Å². The van der Waals surface area contributed by atoms with Gasteiger partial charge in [0.05, 0.1) is 0 Å². The van der Waals surface area contributed by atoms with Crippen molar-refractivity contribution in [3.05, 3.63) is 0 Å². The van der Waals surface area contributed by atoms with Crippen molar-refractivity contribution in [2.24, 2.45) is 11.7 Å². The second-order valence-electron chi connectivity index (χ2n) is 5.08. The van der Waals surface area contributed by atoms with Gasteiger partial charge in [0.15, 0.2) is 0 Å². The van der Waals surface area contributed by atoms with E-state index in [0.717, 1.165) is 12.8 Å². The lowest BCUT2D eigenvalue weighted by Crippen LogP contribution is -2.43. The number of carbonyl (C=O) groups is 1. The van der Waals surface area contributed by atoms with Crippen LogP contribution in [0.2, 0.25) is 0 Å². The molecule has 0 bridgehead atoms. The molecule has 3 nitrogen and oxygen atoms in total. The minimum atomic E-state index is 0. The summed E-state index contributed by atoms with van der Waals surface area (Å²) in [4.78, 5) is 14.1. The second-order valence-corrected chi connectivity index (χ2v) is 5.08. The van der Waals surface area contributed by atoms with E-state index in [1.54, 1.807) is 0 Å². The molecule has 1 aliphatic rings. The molecule has 0 radical (unpaired) electrons. The third-order valence-corrected chi connectivity index (χ3v) is 3.80. The summed E-state index contributed by atoms with van der Waals surface area (Å²) in [6, 6.07) is 0.165. The maximum atomic E-state index is 12.2. The van der Waals surface area contributed by atoms with Gasteiger partial charge < -0.3 is 10.6 Å². The van der Waals surface area contributed by atoms with Crippen LogP contribution in [-0.2, 0) is 4.79 Å². The summed E-state index contributed by atoms with van der Waals surface area (Å²) in [5.74, 6) is 0.555. The van der Waals surface area contributed by atoms with E-state index in [1.165, 1.54) is 32.1 Å². The minimum absolute atomic E-state index is 0. The third-order valence-electron chi connectivity index (χ3n) is 3.80. The molecular weight excluding hydrogens is 236 g/mol. The fraction of sp³-hybridized carbons (Fsp3) is 0.923. The summed E-state index contributed by atoms with van der Waals surface area (Å²) in [5, 5.41) is 0. The van der Waals surface area contributed by atoms with Gasteiger partial charge in [-0.1, -0.05) is 32.1 Å². The molecule has 1 unspecified atom stereocenters. The lowest BCUT2D eigenvalue weighted by molar-refractivity contribution is -0.136. The molecule has 0 aliphatic heterocycles. The largest absolute Gasteiger partial charge is 0.342 e. The summed E-state index contributed by atoms with van der Waals surface area (Å²) < 4.78 is 0. The summed E-state index contributed by atoms with van der Waals surface area (Å²) >= 11 is 0. The second kappa shape index (κ2) is 8.76. The Morgan fingerprint density at radius 3 is 2.18 bits per heavy atom. The standard InChI is InChI=1S/C13H26N2O.ClH/c1-11(10-14)15(2)13(16)12-8-6-4-3-5-7-9-12;/h11-12H,3-10,14H2,1-2H3;1H. The smallest absolute Gasteiger partial charge is 0.225 e. The lowest BCUT2D eigenvalue weighted by Gasteiger charge is -2.29. The Hall–Kier alpha value is -0.280. The quantitative estimate of drug-likeness (QED) is 0.850. The van der Waals surface area contributed by atoms with Crippen molar-refractivity contribution in [3.63, 3.8) is 0 Å². The summed E-state index contributed by atoms with van der Waals surface area (Å²) in [7, 11) is 1.89. The van der Waals surface area contributed by atoms with Crippen LogP contribution in [0.4, 0.5) is 0 Å². The molecular formula is C13H27ClN2O. The highest BCUT2D eigenvalue weighted by molar-refractivity contribution is 5.85. The van der Waals surface area contributed by atoms with Gasteiger partial charge in [0.1, 0.15) is 0 Å². The number of nitrogens with zero attached hydrogens (tertiary/aromatic N) is 1. The number of hydrogen-bond acceptors (Lipinski definition) is 2. The van der Waals surface area contributed by atoms with Gasteiger partial charge in [0.25, 0.3) is 0 Å². The van der Waals surface area contributed by atoms with Gasteiger partial charge in [-0.15, -0.1) is 12.4 Å².